The fourth-order valence-electron chi connectivity index (χ4n) is 4.10. The maximum absolute atomic E-state index is 6.12. The third-order valence-electron chi connectivity index (χ3n) is 6.04. The van der Waals surface area contributed by atoms with Gasteiger partial charge in [-0.25, -0.2) is 4.98 Å². The highest BCUT2D eigenvalue weighted by atomic mass is 35.5. The van der Waals surface area contributed by atoms with Crippen molar-refractivity contribution in [2.75, 3.05) is 11.9 Å². The first-order chi connectivity index (χ1) is 12.7. The molecule has 0 radical (unpaired) electrons. The number of halogens is 1. The Morgan fingerprint density at radius 1 is 1.23 bits per heavy atom. The third kappa shape index (κ3) is 3.88. The van der Waals surface area contributed by atoms with Gasteiger partial charge in [-0.1, -0.05) is 37.8 Å². The summed E-state index contributed by atoms with van der Waals surface area (Å²) in [6, 6.07) is 0. The largest absolute Gasteiger partial charge is 0.368 e. The summed E-state index contributed by atoms with van der Waals surface area (Å²) in [5.74, 6) is 2.36. The molecule has 2 aromatic rings. The van der Waals surface area contributed by atoms with Crippen molar-refractivity contribution in [1.82, 2.24) is 19.5 Å². The molecule has 1 fully saturated rings. The van der Waals surface area contributed by atoms with Crippen molar-refractivity contribution in [3.05, 3.63) is 23.3 Å². The minimum atomic E-state index is 0.266. The molecule has 4 rings (SSSR count). The average Bonchev–Trinajstić information content (AvgIpc) is 3.00. The van der Waals surface area contributed by atoms with Crippen LogP contribution in [0.3, 0.4) is 0 Å². The zero-order valence-electron chi connectivity index (χ0n) is 15.5. The van der Waals surface area contributed by atoms with Gasteiger partial charge < -0.3 is 9.88 Å². The lowest BCUT2D eigenvalue weighted by Gasteiger charge is -2.25. The third-order valence-corrected chi connectivity index (χ3v) is 6.21. The second kappa shape index (κ2) is 7.95. The van der Waals surface area contributed by atoms with E-state index in [1.54, 1.807) is 5.57 Å². The molecule has 0 spiro atoms. The highest BCUT2D eigenvalue weighted by Gasteiger charge is 2.20. The van der Waals surface area contributed by atoms with Crippen LogP contribution in [0.1, 0.15) is 58.3 Å². The van der Waals surface area contributed by atoms with E-state index in [-0.39, 0.29) is 5.28 Å². The predicted octanol–water partition coefficient (Wildman–Crippen LogP) is 5.22. The molecule has 140 valence electrons. The Kier molecular flexibility index (Phi) is 5.44. The van der Waals surface area contributed by atoms with Crippen LogP contribution >= 0.6 is 11.6 Å². The van der Waals surface area contributed by atoms with Gasteiger partial charge in [-0.3, -0.25) is 0 Å². The molecule has 26 heavy (non-hydrogen) atoms. The zero-order chi connectivity index (χ0) is 17.9. The normalized spacial score (nSPS) is 20.8. The lowest BCUT2D eigenvalue weighted by molar-refractivity contribution is 0.303. The van der Waals surface area contributed by atoms with Crippen LogP contribution in [0.15, 0.2) is 18.0 Å². The van der Waals surface area contributed by atoms with Crippen molar-refractivity contribution in [2.45, 2.75) is 64.8 Å². The van der Waals surface area contributed by atoms with Gasteiger partial charge in [-0.05, 0) is 55.5 Å². The Labute approximate surface area is 160 Å². The first-order valence-corrected chi connectivity index (χ1v) is 10.4. The van der Waals surface area contributed by atoms with Gasteiger partial charge in [0.2, 0.25) is 5.28 Å². The Bertz CT molecular complexity index is 793. The minimum absolute atomic E-state index is 0.266. The molecule has 0 saturated heterocycles. The number of hydrogen-bond donors (Lipinski definition) is 1. The van der Waals surface area contributed by atoms with Gasteiger partial charge in [-0.2, -0.15) is 9.97 Å². The number of nitrogens with zero attached hydrogens (tertiary/aromatic N) is 4. The number of anilines is 1. The van der Waals surface area contributed by atoms with Gasteiger partial charge in [0.15, 0.2) is 11.5 Å². The van der Waals surface area contributed by atoms with E-state index >= 15 is 0 Å². The van der Waals surface area contributed by atoms with Gasteiger partial charge in [0, 0.05) is 13.1 Å². The standard InChI is InChI=1S/C20H28ClN5/c1-2-14-6-8-16(9-7-14)12-26-13-23-19-17(26)18(24-20(21)25-19)22-11-10-15-4-3-5-15/h6,13,15-16H,2-5,7-12H2,1H3,(H,22,24,25). The van der Waals surface area contributed by atoms with Gasteiger partial charge >= 0.3 is 0 Å². The smallest absolute Gasteiger partial charge is 0.226 e. The van der Waals surface area contributed by atoms with E-state index in [1.165, 1.54) is 44.9 Å². The molecule has 1 atom stereocenters. The van der Waals surface area contributed by atoms with E-state index in [9.17, 15) is 0 Å². The molecule has 2 aromatic heterocycles. The average molecular weight is 374 g/mol. The summed E-state index contributed by atoms with van der Waals surface area (Å²) in [6.07, 6.45) is 14.5. The molecule has 0 amide bonds. The van der Waals surface area contributed by atoms with Gasteiger partial charge in [-0.15, -0.1) is 0 Å². The van der Waals surface area contributed by atoms with E-state index in [0.29, 0.717) is 11.6 Å². The minimum Gasteiger partial charge on any atom is -0.368 e. The summed E-state index contributed by atoms with van der Waals surface area (Å²) in [6.45, 7) is 4.15. The van der Waals surface area contributed by atoms with Crippen LogP contribution in [0.4, 0.5) is 5.82 Å². The van der Waals surface area contributed by atoms with E-state index in [4.69, 9.17) is 11.6 Å². The molecule has 2 aliphatic carbocycles. The quantitative estimate of drug-likeness (QED) is 0.534. The number of fused-ring (bicyclic) bond motifs is 1. The van der Waals surface area contributed by atoms with Crippen molar-refractivity contribution in [3.8, 4) is 0 Å². The molecule has 0 aromatic carbocycles. The summed E-state index contributed by atoms with van der Waals surface area (Å²) < 4.78 is 2.22. The van der Waals surface area contributed by atoms with Crippen molar-refractivity contribution in [2.24, 2.45) is 11.8 Å². The summed E-state index contributed by atoms with van der Waals surface area (Å²) in [5.41, 5.74) is 3.29. The Balaban J connectivity index is 1.50. The van der Waals surface area contributed by atoms with Crippen molar-refractivity contribution in [3.63, 3.8) is 0 Å². The molecular weight excluding hydrogens is 346 g/mol. The van der Waals surface area contributed by atoms with Gasteiger partial charge in [0.25, 0.3) is 0 Å². The second-order valence-corrected chi connectivity index (χ2v) is 8.12. The maximum atomic E-state index is 6.12. The van der Waals surface area contributed by atoms with Crippen LogP contribution in [0, 0.1) is 11.8 Å². The fraction of sp³-hybridized carbons (Fsp3) is 0.650. The van der Waals surface area contributed by atoms with Gasteiger partial charge in [0.1, 0.15) is 5.52 Å². The molecule has 5 nitrogen and oxygen atoms in total. The number of rotatable bonds is 7. The molecule has 1 unspecified atom stereocenters. The van der Waals surface area contributed by atoms with Crippen LogP contribution in [0.25, 0.3) is 11.2 Å². The Hall–Kier alpha value is -1.62. The lowest BCUT2D eigenvalue weighted by Crippen LogP contribution is -2.17. The van der Waals surface area contributed by atoms with E-state index in [1.807, 2.05) is 6.33 Å². The van der Waals surface area contributed by atoms with Crippen LogP contribution in [-0.2, 0) is 6.54 Å². The van der Waals surface area contributed by atoms with E-state index in [2.05, 4.69) is 37.8 Å². The number of aromatic nitrogens is 4. The number of imidazole rings is 1. The first-order valence-electron chi connectivity index (χ1n) is 10.0. The molecule has 1 saturated carbocycles. The Morgan fingerprint density at radius 3 is 2.81 bits per heavy atom. The Morgan fingerprint density at radius 2 is 2.12 bits per heavy atom. The van der Waals surface area contributed by atoms with E-state index in [0.717, 1.165) is 36.8 Å². The van der Waals surface area contributed by atoms with Crippen LogP contribution in [-0.4, -0.2) is 26.1 Å². The number of allylic oxidation sites excluding steroid dienone is 2. The molecule has 0 aliphatic heterocycles. The number of nitrogens with one attached hydrogen (secondary N) is 1. The zero-order valence-corrected chi connectivity index (χ0v) is 16.3. The van der Waals surface area contributed by atoms with Crippen molar-refractivity contribution in [1.29, 1.82) is 0 Å². The van der Waals surface area contributed by atoms with Gasteiger partial charge in [0.05, 0.1) is 6.33 Å². The highest BCUT2D eigenvalue weighted by Crippen LogP contribution is 2.31. The monoisotopic (exact) mass is 373 g/mol. The van der Waals surface area contributed by atoms with Crippen LogP contribution in [0.2, 0.25) is 5.28 Å². The lowest BCUT2D eigenvalue weighted by atomic mass is 9.83. The van der Waals surface area contributed by atoms with E-state index < -0.39 is 0 Å². The van der Waals surface area contributed by atoms with Crippen molar-refractivity contribution < 1.29 is 0 Å². The fourth-order valence-corrected chi connectivity index (χ4v) is 4.26. The molecule has 6 heteroatoms. The second-order valence-electron chi connectivity index (χ2n) is 7.78. The predicted molar refractivity (Wildman–Crippen MR) is 106 cm³/mol. The summed E-state index contributed by atoms with van der Waals surface area (Å²) in [4.78, 5) is 13.3. The SMILES string of the molecule is CCC1=CCC(Cn2cnc3nc(Cl)nc(NCCC4CCC4)c32)CC1. The molecular formula is C20H28ClN5. The topological polar surface area (TPSA) is 55.6 Å². The van der Waals surface area contributed by atoms with Crippen LogP contribution in [0.5, 0.6) is 0 Å². The van der Waals surface area contributed by atoms with Crippen LogP contribution < -0.4 is 5.32 Å². The molecule has 0 bridgehead atoms. The van der Waals surface area contributed by atoms with Crippen molar-refractivity contribution >= 4 is 28.6 Å². The summed E-state index contributed by atoms with van der Waals surface area (Å²) >= 11 is 6.12. The number of hydrogen-bond acceptors (Lipinski definition) is 4. The highest BCUT2D eigenvalue weighted by molar-refractivity contribution is 6.28. The molecule has 2 heterocycles. The maximum Gasteiger partial charge on any atom is 0.226 e. The summed E-state index contributed by atoms with van der Waals surface area (Å²) in [5, 5.41) is 3.77. The summed E-state index contributed by atoms with van der Waals surface area (Å²) in [7, 11) is 0. The first kappa shape index (κ1) is 17.8. The molecule has 2 aliphatic rings. The molecule has 1 N–H and O–H groups in total.